The number of fused-ring (bicyclic) bond motifs is 3. The molecule has 0 bridgehead atoms. The Morgan fingerprint density at radius 3 is 2.68 bits per heavy atom. The zero-order valence-corrected chi connectivity index (χ0v) is 17.9. The molecule has 2 saturated heterocycles. The number of ether oxygens (including phenoxy) is 2. The van der Waals surface area contributed by atoms with Gasteiger partial charge in [0, 0.05) is 36.7 Å². The SMILES string of the molecule is O=C(CC1CC1)Nc1ccc2c(c1)[C@@H]1C[C@@H](CC(=O)N3CCCCC3)O[C@@H](CO)[C@@H]1O2. The number of anilines is 1. The maximum absolute atomic E-state index is 12.8. The van der Waals surface area contributed by atoms with E-state index in [1.807, 2.05) is 23.1 Å². The lowest BCUT2D eigenvalue weighted by atomic mass is 9.84. The smallest absolute Gasteiger partial charge is 0.225 e. The summed E-state index contributed by atoms with van der Waals surface area (Å²) < 4.78 is 12.2. The zero-order chi connectivity index (χ0) is 21.4. The minimum atomic E-state index is -0.460. The number of aliphatic hydroxyl groups is 1. The Morgan fingerprint density at radius 1 is 1.13 bits per heavy atom. The van der Waals surface area contributed by atoms with Crippen LogP contribution in [0.4, 0.5) is 5.69 Å². The molecule has 168 valence electrons. The van der Waals surface area contributed by atoms with E-state index in [4.69, 9.17) is 9.47 Å². The fourth-order valence-electron chi connectivity index (χ4n) is 5.23. The van der Waals surface area contributed by atoms with Crippen molar-refractivity contribution < 1.29 is 24.2 Å². The van der Waals surface area contributed by atoms with Crippen LogP contribution < -0.4 is 10.1 Å². The molecule has 4 atom stereocenters. The van der Waals surface area contributed by atoms with Gasteiger partial charge in [0.15, 0.2) is 0 Å². The highest BCUT2D eigenvalue weighted by atomic mass is 16.6. The lowest BCUT2D eigenvalue weighted by Gasteiger charge is -2.38. The van der Waals surface area contributed by atoms with Crippen LogP contribution in [0.2, 0.25) is 0 Å². The molecular formula is C24H32N2O5. The first-order chi connectivity index (χ1) is 15.1. The molecule has 4 aliphatic rings. The Bertz CT molecular complexity index is 833. The van der Waals surface area contributed by atoms with Crippen molar-refractivity contribution in [2.45, 2.75) is 75.6 Å². The highest BCUT2D eigenvalue weighted by Gasteiger charge is 2.46. The van der Waals surface area contributed by atoms with Crippen molar-refractivity contribution >= 4 is 17.5 Å². The van der Waals surface area contributed by atoms with Crippen LogP contribution in [0.25, 0.3) is 0 Å². The van der Waals surface area contributed by atoms with Crippen molar-refractivity contribution in [1.29, 1.82) is 0 Å². The maximum Gasteiger partial charge on any atom is 0.225 e. The van der Waals surface area contributed by atoms with Gasteiger partial charge in [0.1, 0.15) is 18.0 Å². The third kappa shape index (κ3) is 4.58. The number of rotatable bonds is 6. The number of aliphatic hydroxyl groups excluding tert-OH is 1. The summed E-state index contributed by atoms with van der Waals surface area (Å²) in [6, 6.07) is 5.75. The zero-order valence-electron chi connectivity index (χ0n) is 17.9. The van der Waals surface area contributed by atoms with Gasteiger partial charge in [0.05, 0.1) is 19.1 Å². The Kier molecular flexibility index (Phi) is 5.89. The predicted molar refractivity (Wildman–Crippen MR) is 115 cm³/mol. The molecule has 3 heterocycles. The Labute approximate surface area is 183 Å². The van der Waals surface area contributed by atoms with Gasteiger partial charge >= 0.3 is 0 Å². The van der Waals surface area contributed by atoms with E-state index in [1.165, 1.54) is 6.42 Å². The molecule has 1 saturated carbocycles. The maximum atomic E-state index is 12.8. The van der Waals surface area contributed by atoms with E-state index in [9.17, 15) is 14.7 Å². The second-order valence-corrected chi connectivity index (χ2v) is 9.50. The second kappa shape index (κ2) is 8.79. The Hall–Kier alpha value is -2.12. The van der Waals surface area contributed by atoms with Crippen molar-refractivity contribution in [2.24, 2.45) is 5.92 Å². The predicted octanol–water partition coefficient (Wildman–Crippen LogP) is 2.82. The second-order valence-electron chi connectivity index (χ2n) is 9.50. The normalized spacial score (nSPS) is 29.6. The van der Waals surface area contributed by atoms with Crippen LogP contribution in [0.15, 0.2) is 18.2 Å². The van der Waals surface area contributed by atoms with E-state index in [0.717, 1.165) is 55.8 Å². The molecule has 2 amide bonds. The van der Waals surface area contributed by atoms with Crippen molar-refractivity contribution in [1.82, 2.24) is 4.90 Å². The number of hydrogen-bond acceptors (Lipinski definition) is 5. The molecule has 3 fully saturated rings. The number of amides is 2. The van der Waals surface area contributed by atoms with E-state index < -0.39 is 6.10 Å². The molecule has 0 spiro atoms. The summed E-state index contributed by atoms with van der Waals surface area (Å²) in [7, 11) is 0. The number of benzene rings is 1. The van der Waals surface area contributed by atoms with E-state index in [-0.39, 0.29) is 36.5 Å². The van der Waals surface area contributed by atoms with Crippen molar-refractivity contribution in [3.8, 4) is 5.75 Å². The first-order valence-electron chi connectivity index (χ1n) is 11.7. The third-order valence-corrected chi connectivity index (χ3v) is 7.07. The lowest BCUT2D eigenvalue weighted by molar-refractivity contribution is -0.149. The monoisotopic (exact) mass is 428 g/mol. The fourth-order valence-corrected chi connectivity index (χ4v) is 5.23. The minimum Gasteiger partial charge on any atom is -0.487 e. The topological polar surface area (TPSA) is 88.1 Å². The highest BCUT2D eigenvalue weighted by molar-refractivity contribution is 5.91. The number of nitrogens with one attached hydrogen (secondary N) is 1. The minimum absolute atomic E-state index is 0.0420. The van der Waals surface area contributed by atoms with Gasteiger partial charge in [0.25, 0.3) is 0 Å². The van der Waals surface area contributed by atoms with E-state index in [0.29, 0.717) is 25.2 Å². The first-order valence-corrected chi connectivity index (χ1v) is 11.7. The van der Waals surface area contributed by atoms with Crippen molar-refractivity contribution in [2.75, 3.05) is 25.0 Å². The molecule has 31 heavy (non-hydrogen) atoms. The molecule has 0 aromatic heterocycles. The molecule has 3 aliphatic heterocycles. The summed E-state index contributed by atoms with van der Waals surface area (Å²) in [6.45, 7) is 1.52. The quantitative estimate of drug-likeness (QED) is 0.728. The van der Waals surface area contributed by atoms with E-state index in [1.54, 1.807) is 0 Å². The summed E-state index contributed by atoms with van der Waals surface area (Å²) in [6.07, 6.45) is 6.25. The van der Waals surface area contributed by atoms with Crippen LogP contribution in [0.3, 0.4) is 0 Å². The average molecular weight is 429 g/mol. The standard InChI is InChI=1S/C24H32N2O5/c27-14-21-24-19(12-17(30-21)13-23(29)26-8-2-1-3-9-26)18-11-16(6-7-20(18)31-24)25-22(28)10-15-4-5-15/h6-7,11,15,17,19,21,24,27H,1-5,8-10,12-14H2,(H,25,28)/t17-,19-,21-,24+/m0/s1. The summed E-state index contributed by atoms with van der Waals surface area (Å²) in [5.74, 6) is 1.56. The molecule has 0 unspecified atom stereocenters. The van der Waals surface area contributed by atoms with Gasteiger partial charge in [-0.3, -0.25) is 9.59 Å². The summed E-state index contributed by atoms with van der Waals surface area (Å²) in [5, 5.41) is 12.9. The van der Waals surface area contributed by atoms with Crippen LogP contribution in [-0.2, 0) is 14.3 Å². The number of carbonyl (C=O) groups excluding carboxylic acids is 2. The molecule has 2 N–H and O–H groups in total. The van der Waals surface area contributed by atoms with Crippen LogP contribution >= 0.6 is 0 Å². The molecule has 7 heteroatoms. The van der Waals surface area contributed by atoms with Gasteiger partial charge in [0.2, 0.25) is 11.8 Å². The summed E-state index contributed by atoms with van der Waals surface area (Å²) >= 11 is 0. The van der Waals surface area contributed by atoms with Crippen molar-refractivity contribution in [3.05, 3.63) is 23.8 Å². The average Bonchev–Trinajstić information content (AvgIpc) is 3.52. The van der Waals surface area contributed by atoms with Gasteiger partial charge in [-0.25, -0.2) is 0 Å². The lowest BCUT2D eigenvalue weighted by Crippen LogP contribution is -2.48. The molecular weight excluding hydrogens is 396 g/mol. The fraction of sp³-hybridized carbons (Fsp3) is 0.667. The molecule has 1 aromatic rings. The summed E-state index contributed by atoms with van der Waals surface area (Å²) in [5.41, 5.74) is 1.81. The van der Waals surface area contributed by atoms with Gasteiger partial charge in [-0.1, -0.05) is 0 Å². The summed E-state index contributed by atoms with van der Waals surface area (Å²) in [4.78, 5) is 26.9. The highest BCUT2D eigenvalue weighted by Crippen LogP contribution is 2.47. The largest absolute Gasteiger partial charge is 0.487 e. The van der Waals surface area contributed by atoms with Gasteiger partial charge in [-0.2, -0.15) is 0 Å². The van der Waals surface area contributed by atoms with Crippen LogP contribution in [0.5, 0.6) is 5.75 Å². The number of likely N-dealkylation sites (tertiary alicyclic amines) is 1. The van der Waals surface area contributed by atoms with Gasteiger partial charge in [-0.05, 0) is 62.6 Å². The van der Waals surface area contributed by atoms with Crippen LogP contribution in [0, 0.1) is 5.92 Å². The number of carbonyl (C=O) groups is 2. The van der Waals surface area contributed by atoms with E-state index in [2.05, 4.69) is 5.32 Å². The third-order valence-electron chi connectivity index (χ3n) is 7.07. The number of hydrogen-bond donors (Lipinski definition) is 2. The van der Waals surface area contributed by atoms with Crippen LogP contribution in [-0.4, -0.2) is 59.8 Å². The van der Waals surface area contributed by atoms with Crippen LogP contribution in [0.1, 0.15) is 62.8 Å². The molecule has 0 radical (unpaired) electrons. The Morgan fingerprint density at radius 2 is 1.94 bits per heavy atom. The number of piperidine rings is 1. The Balaban J connectivity index is 1.28. The first kappa shape index (κ1) is 20.8. The van der Waals surface area contributed by atoms with Gasteiger partial charge < -0.3 is 24.8 Å². The molecule has 1 aromatic carbocycles. The van der Waals surface area contributed by atoms with Crippen molar-refractivity contribution in [3.63, 3.8) is 0 Å². The van der Waals surface area contributed by atoms with E-state index >= 15 is 0 Å². The molecule has 5 rings (SSSR count). The van der Waals surface area contributed by atoms with Gasteiger partial charge in [-0.15, -0.1) is 0 Å². The molecule has 1 aliphatic carbocycles. The number of nitrogens with zero attached hydrogens (tertiary/aromatic N) is 1. The molecule has 7 nitrogen and oxygen atoms in total.